The van der Waals surface area contributed by atoms with Crippen LogP contribution in [0.2, 0.25) is 0 Å². The Labute approximate surface area is 85.6 Å². The summed E-state index contributed by atoms with van der Waals surface area (Å²) in [6, 6.07) is 5.62. The SMILES string of the molecule is N#Cc1cc(F)cc(C#CCN=[N+]=[N-])c1. The lowest BCUT2D eigenvalue weighted by Crippen LogP contribution is -1.83. The van der Waals surface area contributed by atoms with Crippen LogP contribution in [0.25, 0.3) is 10.4 Å². The molecule has 0 spiro atoms. The minimum absolute atomic E-state index is 0.0227. The van der Waals surface area contributed by atoms with Crippen LogP contribution in [0, 0.1) is 29.0 Å². The number of rotatable bonds is 1. The molecule has 0 aromatic heterocycles. The molecule has 0 radical (unpaired) electrons. The van der Waals surface area contributed by atoms with Gasteiger partial charge in [-0.3, -0.25) is 0 Å². The second-order valence-corrected chi connectivity index (χ2v) is 2.53. The van der Waals surface area contributed by atoms with Crippen LogP contribution >= 0.6 is 0 Å². The lowest BCUT2D eigenvalue weighted by molar-refractivity contribution is 0.627. The van der Waals surface area contributed by atoms with Crippen LogP contribution in [-0.2, 0) is 0 Å². The van der Waals surface area contributed by atoms with E-state index < -0.39 is 5.82 Å². The summed E-state index contributed by atoms with van der Waals surface area (Å²) in [6.07, 6.45) is 0. The van der Waals surface area contributed by atoms with E-state index in [0.29, 0.717) is 5.56 Å². The van der Waals surface area contributed by atoms with E-state index in [1.165, 1.54) is 12.1 Å². The molecule has 4 nitrogen and oxygen atoms in total. The fourth-order valence-corrected chi connectivity index (χ4v) is 0.935. The molecule has 0 unspecified atom stereocenters. The van der Waals surface area contributed by atoms with Gasteiger partial charge in [-0.1, -0.05) is 17.0 Å². The predicted octanol–water partition coefficient (Wildman–Crippen LogP) is 2.36. The Bertz CT molecular complexity index is 512. The van der Waals surface area contributed by atoms with Crippen LogP contribution in [0.4, 0.5) is 4.39 Å². The minimum atomic E-state index is -0.512. The van der Waals surface area contributed by atoms with E-state index in [4.69, 9.17) is 10.8 Å². The van der Waals surface area contributed by atoms with Gasteiger partial charge in [0.2, 0.25) is 0 Å². The highest BCUT2D eigenvalue weighted by molar-refractivity contribution is 5.42. The van der Waals surface area contributed by atoms with Gasteiger partial charge in [0, 0.05) is 10.5 Å². The molecular weight excluding hydrogens is 195 g/mol. The van der Waals surface area contributed by atoms with Crippen LogP contribution in [0.15, 0.2) is 23.3 Å². The summed E-state index contributed by atoms with van der Waals surface area (Å²) < 4.78 is 12.9. The van der Waals surface area contributed by atoms with Gasteiger partial charge in [-0.2, -0.15) is 5.26 Å². The Morgan fingerprint density at radius 3 is 2.80 bits per heavy atom. The Hall–Kier alpha value is -2.49. The van der Waals surface area contributed by atoms with Gasteiger partial charge in [-0.15, -0.1) is 0 Å². The third kappa shape index (κ3) is 3.40. The van der Waals surface area contributed by atoms with Gasteiger partial charge in [0.25, 0.3) is 0 Å². The highest BCUT2D eigenvalue weighted by atomic mass is 19.1. The quantitative estimate of drug-likeness (QED) is 0.297. The van der Waals surface area contributed by atoms with Gasteiger partial charge < -0.3 is 0 Å². The molecule has 0 heterocycles. The van der Waals surface area contributed by atoms with E-state index >= 15 is 0 Å². The molecule has 1 aromatic carbocycles. The first-order valence-corrected chi connectivity index (χ1v) is 3.96. The Morgan fingerprint density at radius 1 is 1.40 bits per heavy atom. The molecule has 0 saturated heterocycles. The van der Waals surface area contributed by atoms with Crippen molar-refractivity contribution in [3.63, 3.8) is 0 Å². The molecule has 0 saturated carbocycles. The van der Waals surface area contributed by atoms with Crippen molar-refractivity contribution in [2.75, 3.05) is 6.54 Å². The van der Waals surface area contributed by atoms with Gasteiger partial charge in [-0.05, 0) is 23.7 Å². The van der Waals surface area contributed by atoms with Gasteiger partial charge in [0.15, 0.2) is 0 Å². The Kier molecular flexibility index (Phi) is 3.73. The fraction of sp³-hybridized carbons (Fsp3) is 0.100. The molecule has 1 aromatic rings. The van der Waals surface area contributed by atoms with E-state index in [-0.39, 0.29) is 12.1 Å². The van der Waals surface area contributed by atoms with E-state index in [0.717, 1.165) is 6.07 Å². The lowest BCUT2D eigenvalue weighted by atomic mass is 10.1. The normalized spacial score (nSPS) is 8.00. The average molecular weight is 200 g/mol. The van der Waals surface area contributed by atoms with E-state index in [1.54, 1.807) is 0 Å². The number of nitrogens with zero attached hydrogens (tertiary/aromatic N) is 4. The Morgan fingerprint density at radius 2 is 2.13 bits per heavy atom. The van der Waals surface area contributed by atoms with E-state index in [2.05, 4.69) is 21.9 Å². The van der Waals surface area contributed by atoms with Crippen LogP contribution in [0.1, 0.15) is 11.1 Å². The molecule has 0 aliphatic rings. The minimum Gasteiger partial charge on any atom is -0.207 e. The largest absolute Gasteiger partial charge is 0.207 e. The standard InChI is InChI=1S/C10H5FN4/c11-10-5-8(2-1-3-14-15-13)4-9(6-10)7-12/h4-6H,3H2. The van der Waals surface area contributed by atoms with Crippen molar-refractivity contribution < 1.29 is 4.39 Å². The second-order valence-electron chi connectivity index (χ2n) is 2.53. The number of hydrogen-bond donors (Lipinski definition) is 0. The van der Waals surface area contributed by atoms with Crippen LogP contribution in [0.3, 0.4) is 0 Å². The van der Waals surface area contributed by atoms with Crippen molar-refractivity contribution in [2.24, 2.45) is 5.11 Å². The number of nitriles is 1. The molecule has 0 aliphatic heterocycles. The summed E-state index contributed by atoms with van der Waals surface area (Å²) in [7, 11) is 0. The third-order valence-corrected chi connectivity index (χ3v) is 1.47. The number of hydrogen-bond acceptors (Lipinski definition) is 2. The first kappa shape index (κ1) is 10.6. The van der Waals surface area contributed by atoms with Crippen LogP contribution in [0.5, 0.6) is 0 Å². The molecule has 0 bridgehead atoms. The number of azide groups is 1. The summed E-state index contributed by atoms with van der Waals surface area (Å²) in [4.78, 5) is 2.51. The van der Waals surface area contributed by atoms with Crippen LogP contribution < -0.4 is 0 Å². The molecule has 5 heteroatoms. The first-order valence-electron chi connectivity index (χ1n) is 3.96. The molecule has 0 aliphatic carbocycles. The fourth-order valence-electron chi connectivity index (χ4n) is 0.935. The highest BCUT2D eigenvalue weighted by Gasteiger charge is 1.97. The molecule has 0 atom stereocenters. The van der Waals surface area contributed by atoms with Gasteiger partial charge in [0.05, 0.1) is 18.2 Å². The number of benzene rings is 1. The van der Waals surface area contributed by atoms with Gasteiger partial charge in [0.1, 0.15) is 5.82 Å². The average Bonchev–Trinajstić information content (AvgIpc) is 2.23. The van der Waals surface area contributed by atoms with E-state index in [9.17, 15) is 4.39 Å². The summed E-state index contributed by atoms with van der Waals surface area (Å²) in [5, 5.41) is 11.8. The van der Waals surface area contributed by atoms with Crippen molar-refractivity contribution in [2.45, 2.75) is 0 Å². The molecule has 0 N–H and O–H groups in total. The summed E-state index contributed by atoms with van der Waals surface area (Å²) in [5.41, 5.74) is 8.58. The van der Waals surface area contributed by atoms with Crippen molar-refractivity contribution in [3.8, 4) is 17.9 Å². The third-order valence-electron chi connectivity index (χ3n) is 1.47. The summed E-state index contributed by atoms with van der Waals surface area (Å²) in [5.74, 6) is 4.61. The first-order chi connectivity index (χ1) is 7.26. The van der Waals surface area contributed by atoms with Gasteiger partial charge in [-0.25, -0.2) is 4.39 Å². The monoisotopic (exact) mass is 200 g/mol. The molecular formula is C10H5FN4. The Balaban J connectivity index is 2.94. The zero-order valence-corrected chi connectivity index (χ0v) is 7.61. The summed E-state index contributed by atoms with van der Waals surface area (Å²) >= 11 is 0. The smallest absolute Gasteiger partial charge is 0.125 e. The highest BCUT2D eigenvalue weighted by Crippen LogP contribution is 2.06. The molecule has 0 fully saturated rings. The zero-order chi connectivity index (χ0) is 11.1. The maximum absolute atomic E-state index is 12.9. The van der Waals surface area contributed by atoms with Crippen molar-refractivity contribution in [1.29, 1.82) is 5.26 Å². The molecule has 15 heavy (non-hydrogen) atoms. The number of halogens is 1. The second kappa shape index (κ2) is 5.29. The molecule has 0 amide bonds. The van der Waals surface area contributed by atoms with Crippen molar-refractivity contribution >= 4 is 0 Å². The summed E-state index contributed by atoms with van der Waals surface area (Å²) in [6.45, 7) is 0.0227. The van der Waals surface area contributed by atoms with Crippen molar-refractivity contribution in [3.05, 3.63) is 45.6 Å². The van der Waals surface area contributed by atoms with E-state index in [1.807, 2.05) is 6.07 Å². The molecule has 72 valence electrons. The van der Waals surface area contributed by atoms with Crippen molar-refractivity contribution in [1.82, 2.24) is 0 Å². The predicted molar refractivity (Wildman–Crippen MR) is 52.0 cm³/mol. The van der Waals surface area contributed by atoms with Gasteiger partial charge >= 0.3 is 0 Å². The molecule has 1 rings (SSSR count). The lowest BCUT2D eigenvalue weighted by Gasteiger charge is -1.92. The topological polar surface area (TPSA) is 72.5 Å². The maximum Gasteiger partial charge on any atom is 0.125 e. The zero-order valence-electron chi connectivity index (χ0n) is 7.61. The van der Waals surface area contributed by atoms with Crippen LogP contribution in [-0.4, -0.2) is 6.54 Å². The maximum atomic E-state index is 12.9.